The third-order valence-corrected chi connectivity index (χ3v) is 7.80. The van der Waals surface area contributed by atoms with Crippen molar-refractivity contribution in [3.8, 4) is 5.75 Å². The molecule has 5 rings (SSSR count). The molecular formula is C34H33NO7. The Hall–Kier alpha value is -4.85. The molecule has 42 heavy (non-hydrogen) atoms. The van der Waals surface area contributed by atoms with Crippen molar-refractivity contribution in [3.63, 3.8) is 0 Å². The van der Waals surface area contributed by atoms with Crippen molar-refractivity contribution in [2.24, 2.45) is 0 Å². The standard InChI is InChI=1S/C34H33NO7/c1-41-34(40)26-9-5-10-27(19-26)42-18-6-11-29-32(24-14-12-23(13-15-24)22-7-3-2-4-8-22)28-17-16-25(33(38)39)20-30(28)35(29)21-31(36)37/h2-5,7-10,14,16-17,19-20,23H,6,11-13,15,18,21H2,1H3,(H,36,37)(H,38,39). The highest BCUT2D eigenvalue weighted by molar-refractivity contribution is 6.00. The minimum Gasteiger partial charge on any atom is -0.494 e. The number of rotatable bonds is 11. The van der Waals surface area contributed by atoms with Gasteiger partial charge >= 0.3 is 17.9 Å². The molecule has 0 aliphatic heterocycles. The number of carboxylic acid groups (broad SMARTS) is 2. The van der Waals surface area contributed by atoms with Gasteiger partial charge in [-0.15, -0.1) is 0 Å². The van der Waals surface area contributed by atoms with Gasteiger partial charge in [0.1, 0.15) is 12.3 Å². The molecule has 1 aliphatic rings. The molecule has 1 heterocycles. The first-order valence-corrected chi connectivity index (χ1v) is 14.0. The maximum absolute atomic E-state index is 12.0. The van der Waals surface area contributed by atoms with E-state index in [1.54, 1.807) is 47.0 Å². The Morgan fingerprint density at radius 2 is 1.76 bits per heavy atom. The van der Waals surface area contributed by atoms with E-state index in [4.69, 9.17) is 9.47 Å². The number of esters is 1. The number of allylic oxidation sites excluding steroid dienone is 2. The van der Waals surface area contributed by atoms with E-state index in [2.05, 4.69) is 30.3 Å². The summed E-state index contributed by atoms with van der Waals surface area (Å²) >= 11 is 0. The summed E-state index contributed by atoms with van der Waals surface area (Å²) in [6.07, 6.45) is 6.03. The quantitative estimate of drug-likeness (QED) is 0.156. The van der Waals surface area contributed by atoms with Crippen molar-refractivity contribution in [1.82, 2.24) is 4.57 Å². The second-order valence-electron chi connectivity index (χ2n) is 10.4. The van der Waals surface area contributed by atoms with Gasteiger partial charge < -0.3 is 24.3 Å². The predicted octanol–water partition coefficient (Wildman–Crippen LogP) is 6.57. The number of hydrogen-bond acceptors (Lipinski definition) is 5. The van der Waals surface area contributed by atoms with Gasteiger partial charge in [0.25, 0.3) is 0 Å². The van der Waals surface area contributed by atoms with E-state index in [0.29, 0.717) is 42.2 Å². The van der Waals surface area contributed by atoms with E-state index in [9.17, 15) is 24.6 Å². The maximum Gasteiger partial charge on any atom is 0.337 e. The molecule has 8 nitrogen and oxygen atoms in total. The Morgan fingerprint density at radius 3 is 2.45 bits per heavy atom. The number of fused-ring (bicyclic) bond motifs is 1. The van der Waals surface area contributed by atoms with E-state index in [1.807, 2.05) is 6.07 Å². The summed E-state index contributed by atoms with van der Waals surface area (Å²) in [5.41, 5.74) is 5.40. The van der Waals surface area contributed by atoms with Gasteiger partial charge in [0.2, 0.25) is 0 Å². The summed E-state index contributed by atoms with van der Waals surface area (Å²) < 4.78 is 12.5. The van der Waals surface area contributed by atoms with Crippen LogP contribution in [0.4, 0.5) is 0 Å². The van der Waals surface area contributed by atoms with Gasteiger partial charge in [0.05, 0.1) is 30.4 Å². The first-order chi connectivity index (χ1) is 20.4. The second kappa shape index (κ2) is 12.8. The zero-order valence-electron chi connectivity index (χ0n) is 23.4. The number of aromatic nitrogens is 1. The first-order valence-electron chi connectivity index (χ1n) is 14.0. The number of methoxy groups -OCH3 is 1. The Kier molecular flexibility index (Phi) is 8.71. The molecule has 0 saturated carbocycles. The van der Waals surface area contributed by atoms with Gasteiger partial charge in [0, 0.05) is 16.6 Å². The Bertz CT molecular complexity index is 1650. The van der Waals surface area contributed by atoms with Crippen molar-refractivity contribution in [2.75, 3.05) is 13.7 Å². The third kappa shape index (κ3) is 6.22. The highest BCUT2D eigenvalue weighted by atomic mass is 16.5. The molecule has 0 saturated heterocycles. The molecule has 2 N–H and O–H groups in total. The average molecular weight is 568 g/mol. The molecule has 3 aromatic carbocycles. The molecule has 1 atom stereocenters. The number of benzene rings is 3. The molecule has 0 amide bonds. The zero-order chi connectivity index (χ0) is 29.6. The first kappa shape index (κ1) is 28.7. The van der Waals surface area contributed by atoms with Crippen molar-refractivity contribution >= 4 is 34.4 Å². The molecule has 0 fully saturated rings. The van der Waals surface area contributed by atoms with Crippen LogP contribution in [0.3, 0.4) is 0 Å². The number of carbonyl (C=O) groups excluding carboxylic acids is 1. The lowest BCUT2D eigenvalue weighted by atomic mass is 9.82. The van der Waals surface area contributed by atoms with Crippen LogP contribution >= 0.6 is 0 Å². The van der Waals surface area contributed by atoms with Gasteiger partial charge in [-0.3, -0.25) is 4.79 Å². The Labute approximate surface area is 243 Å². The van der Waals surface area contributed by atoms with E-state index in [1.165, 1.54) is 12.7 Å². The van der Waals surface area contributed by atoms with Crippen LogP contribution in [0.25, 0.3) is 16.5 Å². The lowest BCUT2D eigenvalue weighted by Crippen LogP contribution is -2.14. The topological polar surface area (TPSA) is 115 Å². The molecule has 1 unspecified atom stereocenters. The van der Waals surface area contributed by atoms with Crippen LogP contribution in [-0.2, 0) is 22.5 Å². The molecule has 1 aliphatic carbocycles. The van der Waals surface area contributed by atoms with Crippen LogP contribution in [0.15, 0.2) is 78.9 Å². The second-order valence-corrected chi connectivity index (χ2v) is 10.4. The summed E-state index contributed by atoms with van der Waals surface area (Å²) in [6.45, 7) is 0.0605. The summed E-state index contributed by atoms with van der Waals surface area (Å²) in [6, 6.07) is 22.2. The normalized spacial score (nSPS) is 14.8. The molecular weight excluding hydrogens is 534 g/mol. The van der Waals surface area contributed by atoms with Gasteiger partial charge in [-0.05, 0) is 79.5 Å². The van der Waals surface area contributed by atoms with Gasteiger partial charge in [-0.25, -0.2) is 9.59 Å². The molecule has 0 bridgehead atoms. The highest BCUT2D eigenvalue weighted by Gasteiger charge is 2.25. The monoisotopic (exact) mass is 567 g/mol. The minimum absolute atomic E-state index is 0.111. The summed E-state index contributed by atoms with van der Waals surface area (Å²) in [5.74, 6) is -1.55. The zero-order valence-corrected chi connectivity index (χ0v) is 23.4. The average Bonchev–Trinajstić information content (AvgIpc) is 3.31. The van der Waals surface area contributed by atoms with Crippen LogP contribution in [0, 0.1) is 0 Å². The van der Waals surface area contributed by atoms with Crippen LogP contribution in [0.5, 0.6) is 5.75 Å². The van der Waals surface area contributed by atoms with Crippen LogP contribution < -0.4 is 4.74 Å². The van der Waals surface area contributed by atoms with Crippen LogP contribution in [0.2, 0.25) is 0 Å². The molecule has 4 aromatic rings. The largest absolute Gasteiger partial charge is 0.494 e. The summed E-state index contributed by atoms with van der Waals surface area (Å²) in [4.78, 5) is 35.6. The number of nitrogens with zero attached hydrogens (tertiary/aromatic N) is 1. The maximum atomic E-state index is 12.0. The molecule has 0 spiro atoms. The smallest absolute Gasteiger partial charge is 0.337 e. The van der Waals surface area contributed by atoms with Gasteiger partial charge in [-0.1, -0.05) is 48.5 Å². The predicted molar refractivity (Wildman–Crippen MR) is 159 cm³/mol. The Morgan fingerprint density at radius 1 is 0.952 bits per heavy atom. The van der Waals surface area contributed by atoms with Crippen molar-refractivity contribution < 1.29 is 34.1 Å². The van der Waals surface area contributed by atoms with E-state index >= 15 is 0 Å². The number of hydrogen-bond donors (Lipinski definition) is 2. The Balaban J connectivity index is 1.47. The third-order valence-electron chi connectivity index (χ3n) is 7.80. The minimum atomic E-state index is -1.06. The SMILES string of the molecule is COC(=O)c1cccc(OCCCc2c(C3=CCC(c4ccccc4)CC3)c3ccc(C(=O)O)cc3n2CC(=O)O)c1. The van der Waals surface area contributed by atoms with E-state index in [0.717, 1.165) is 41.5 Å². The lowest BCUT2D eigenvalue weighted by Gasteiger charge is -2.23. The molecule has 0 radical (unpaired) electrons. The van der Waals surface area contributed by atoms with E-state index in [-0.39, 0.29) is 12.1 Å². The van der Waals surface area contributed by atoms with Crippen molar-refractivity contribution in [1.29, 1.82) is 0 Å². The number of carbonyl (C=O) groups is 3. The van der Waals surface area contributed by atoms with E-state index < -0.39 is 17.9 Å². The highest BCUT2D eigenvalue weighted by Crippen LogP contribution is 2.41. The number of ether oxygens (including phenoxy) is 2. The number of aromatic carboxylic acids is 1. The molecule has 8 heteroatoms. The fourth-order valence-corrected chi connectivity index (χ4v) is 5.82. The molecule has 216 valence electrons. The fraction of sp³-hybridized carbons (Fsp3) is 0.265. The van der Waals surface area contributed by atoms with Crippen molar-refractivity contribution in [3.05, 3.63) is 107 Å². The molecule has 1 aromatic heterocycles. The van der Waals surface area contributed by atoms with Crippen molar-refractivity contribution in [2.45, 2.75) is 44.6 Å². The summed E-state index contributed by atoms with van der Waals surface area (Å²) in [5, 5.41) is 20.3. The summed E-state index contributed by atoms with van der Waals surface area (Å²) in [7, 11) is 1.33. The lowest BCUT2D eigenvalue weighted by molar-refractivity contribution is -0.137. The van der Waals surface area contributed by atoms with Gasteiger partial charge in [-0.2, -0.15) is 0 Å². The van der Waals surface area contributed by atoms with Crippen LogP contribution in [0.1, 0.15) is 69.1 Å². The number of aliphatic carboxylic acids is 1. The fourth-order valence-electron chi connectivity index (χ4n) is 5.82. The number of carboxylic acids is 2. The van der Waals surface area contributed by atoms with Gasteiger partial charge in [0.15, 0.2) is 0 Å². The van der Waals surface area contributed by atoms with Crippen LogP contribution in [-0.4, -0.2) is 46.4 Å².